The van der Waals surface area contributed by atoms with Crippen molar-refractivity contribution in [3.63, 3.8) is 0 Å². The van der Waals surface area contributed by atoms with Crippen molar-refractivity contribution in [1.82, 2.24) is 15.0 Å². The van der Waals surface area contributed by atoms with Crippen molar-refractivity contribution in [2.24, 2.45) is 5.73 Å². The first-order chi connectivity index (χ1) is 16.2. The molecule has 8 heteroatoms. The number of hydrogen-bond acceptors (Lipinski definition) is 7. The molecule has 2 N–H and O–H groups in total. The number of nitrogens with two attached hydrogens (primary N) is 1. The molecule has 0 saturated carbocycles. The molecule has 1 aromatic heterocycles. The second-order valence-electron chi connectivity index (χ2n) is 8.73. The van der Waals surface area contributed by atoms with Crippen molar-refractivity contribution in [1.29, 1.82) is 5.26 Å². The SMILES string of the molecule is CC(C)Oc1ccc(-c2nc(-c3cccc4c3CCC4)no2)cc1C#N.CC(N)C(=O)N(C)C. The van der Waals surface area contributed by atoms with E-state index in [1.54, 1.807) is 33.2 Å². The summed E-state index contributed by atoms with van der Waals surface area (Å²) in [6, 6.07) is 13.4. The van der Waals surface area contributed by atoms with E-state index in [1.807, 2.05) is 32.0 Å². The average Bonchev–Trinajstić information content (AvgIpc) is 3.48. The number of hydrogen-bond donors (Lipinski definition) is 1. The average molecular weight is 462 g/mol. The van der Waals surface area contributed by atoms with E-state index in [2.05, 4.69) is 22.3 Å². The van der Waals surface area contributed by atoms with Gasteiger partial charge in [-0.2, -0.15) is 10.2 Å². The fraction of sp³-hybridized carbons (Fsp3) is 0.385. The van der Waals surface area contributed by atoms with Crippen molar-refractivity contribution in [3.05, 3.63) is 53.1 Å². The molecule has 0 spiro atoms. The Bertz CT molecular complexity index is 1180. The molecule has 0 fully saturated rings. The molecule has 1 aliphatic rings. The van der Waals surface area contributed by atoms with Crippen LogP contribution in [0.15, 0.2) is 40.9 Å². The Hall–Kier alpha value is -3.70. The summed E-state index contributed by atoms with van der Waals surface area (Å²) in [7, 11) is 3.37. The van der Waals surface area contributed by atoms with Gasteiger partial charge in [0.15, 0.2) is 0 Å². The summed E-state index contributed by atoms with van der Waals surface area (Å²) in [6.45, 7) is 5.53. The largest absolute Gasteiger partial charge is 0.490 e. The van der Waals surface area contributed by atoms with E-state index in [1.165, 1.54) is 22.4 Å². The molecule has 0 bridgehead atoms. The molecule has 1 atom stereocenters. The number of likely N-dealkylation sites (N-methyl/N-ethyl adjacent to an activating group) is 1. The van der Waals surface area contributed by atoms with Gasteiger partial charge in [-0.25, -0.2) is 0 Å². The topological polar surface area (TPSA) is 118 Å². The zero-order chi connectivity index (χ0) is 24.8. The molecule has 34 heavy (non-hydrogen) atoms. The van der Waals surface area contributed by atoms with Crippen molar-refractivity contribution in [2.75, 3.05) is 14.1 Å². The van der Waals surface area contributed by atoms with Crippen LogP contribution in [-0.2, 0) is 17.6 Å². The number of amides is 1. The summed E-state index contributed by atoms with van der Waals surface area (Å²) in [5.74, 6) is 1.53. The van der Waals surface area contributed by atoms with E-state index in [0.29, 0.717) is 28.6 Å². The third-order valence-corrected chi connectivity index (χ3v) is 5.35. The predicted octanol–water partition coefficient (Wildman–Crippen LogP) is 3.97. The lowest BCUT2D eigenvalue weighted by Gasteiger charge is -2.11. The number of aryl methyl sites for hydroxylation is 1. The maximum absolute atomic E-state index is 10.6. The zero-order valence-corrected chi connectivity index (χ0v) is 20.3. The van der Waals surface area contributed by atoms with Gasteiger partial charge in [0.1, 0.15) is 11.8 Å². The Morgan fingerprint density at radius 3 is 2.59 bits per heavy atom. The van der Waals surface area contributed by atoms with Crippen LogP contribution < -0.4 is 10.5 Å². The minimum absolute atomic E-state index is 0.00290. The van der Waals surface area contributed by atoms with E-state index >= 15 is 0 Å². The number of fused-ring (bicyclic) bond motifs is 1. The molecule has 1 unspecified atom stereocenters. The number of ether oxygens (including phenoxy) is 1. The number of rotatable bonds is 5. The highest BCUT2D eigenvalue weighted by Crippen LogP contribution is 2.32. The molecule has 178 valence electrons. The summed E-state index contributed by atoms with van der Waals surface area (Å²) in [5, 5.41) is 13.6. The van der Waals surface area contributed by atoms with Crippen LogP contribution in [0, 0.1) is 11.3 Å². The molecule has 3 aromatic rings. The smallest absolute Gasteiger partial charge is 0.258 e. The Morgan fingerprint density at radius 1 is 1.21 bits per heavy atom. The molecule has 1 heterocycles. The molecule has 1 amide bonds. The van der Waals surface area contributed by atoms with Crippen LogP contribution in [0.5, 0.6) is 5.75 Å². The first kappa shape index (κ1) is 24.9. The van der Waals surface area contributed by atoms with Gasteiger partial charge in [-0.3, -0.25) is 4.79 Å². The summed E-state index contributed by atoms with van der Waals surface area (Å²) in [6.07, 6.45) is 3.33. The standard InChI is InChI=1S/C21H19N3O2.C5H12N2O/c1-13(2)25-19-10-9-15(11-16(19)12-22)21-23-20(24-26-21)18-8-4-6-14-5-3-7-17(14)18;1-4(6)5(8)7(2)3/h4,6,8-11,13H,3,5,7H2,1-2H3;4H,6H2,1-3H3. The highest BCUT2D eigenvalue weighted by molar-refractivity contribution is 5.80. The van der Waals surface area contributed by atoms with Gasteiger partial charge in [0.25, 0.3) is 5.89 Å². The van der Waals surface area contributed by atoms with Crippen LogP contribution >= 0.6 is 0 Å². The molecular weight excluding hydrogens is 430 g/mol. The summed E-state index contributed by atoms with van der Waals surface area (Å²) < 4.78 is 11.1. The lowest BCUT2D eigenvalue weighted by atomic mass is 10.0. The summed E-state index contributed by atoms with van der Waals surface area (Å²) >= 11 is 0. The van der Waals surface area contributed by atoms with Gasteiger partial charge in [0.2, 0.25) is 11.7 Å². The summed E-state index contributed by atoms with van der Waals surface area (Å²) in [5.41, 5.74) is 10.1. The Kier molecular flexibility index (Phi) is 8.03. The molecule has 0 aliphatic heterocycles. The van der Waals surface area contributed by atoms with Crippen LogP contribution in [0.25, 0.3) is 22.8 Å². The van der Waals surface area contributed by atoms with Gasteiger partial charge in [-0.15, -0.1) is 0 Å². The van der Waals surface area contributed by atoms with Crippen molar-refractivity contribution < 1.29 is 14.1 Å². The van der Waals surface area contributed by atoms with Gasteiger partial charge >= 0.3 is 0 Å². The van der Waals surface area contributed by atoms with Gasteiger partial charge in [0, 0.05) is 25.2 Å². The highest BCUT2D eigenvalue weighted by atomic mass is 16.5. The third-order valence-electron chi connectivity index (χ3n) is 5.35. The van der Waals surface area contributed by atoms with Gasteiger partial charge in [-0.05, 0) is 69.4 Å². The lowest BCUT2D eigenvalue weighted by Crippen LogP contribution is -2.37. The molecular formula is C26H31N5O3. The van der Waals surface area contributed by atoms with Crippen LogP contribution in [0.3, 0.4) is 0 Å². The van der Waals surface area contributed by atoms with Crippen LogP contribution in [-0.4, -0.2) is 47.2 Å². The number of nitriles is 1. The maximum Gasteiger partial charge on any atom is 0.258 e. The molecule has 4 rings (SSSR count). The predicted molar refractivity (Wildman–Crippen MR) is 130 cm³/mol. The normalized spacial score (nSPS) is 12.9. The Labute approximate surface area is 200 Å². The fourth-order valence-electron chi connectivity index (χ4n) is 3.79. The number of carbonyl (C=O) groups excluding carboxylic acids is 1. The Morgan fingerprint density at radius 2 is 1.97 bits per heavy atom. The second-order valence-corrected chi connectivity index (χ2v) is 8.73. The van der Waals surface area contributed by atoms with Gasteiger partial charge < -0.3 is 19.9 Å². The van der Waals surface area contributed by atoms with E-state index in [-0.39, 0.29) is 18.1 Å². The quantitative estimate of drug-likeness (QED) is 0.610. The number of nitrogens with zero attached hydrogens (tertiary/aromatic N) is 4. The van der Waals surface area contributed by atoms with Crippen molar-refractivity contribution in [3.8, 4) is 34.7 Å². The van der Waals surface area contributed by atoms with E-state index in [4.69, 9.17) is 15.0 Å². The third kappa shape index (κ3) is 5.80. The highest BCUT2D eigenvalue weighted by Gasteiger charge is 2.20. The van der Waals surface area contributed by atoms with Gasteiger partial charge in [-0.1, -0.05) is 23.4 Å². The fourth-order valence-corrected chi connectivity index (χ4v) is 3.79. The van der Waals surface area contributed by atoms with Crippen molar-refractivity contribution in [2.45, 2.75) is 52.2 Å². The number of carbonyl (C=O) groups is 1. The van der Waals surface area contributed by atoms with Crippen LogP contribution in [0.2, 0.25) is 0 Å². The minimum Gasteiger partial charge on any atom is -0.490 e. The maximum atomic E-state index is 10.6. The molecule has 2 aromatic carbocycles. The van der Waals surface area contributed by atoms with Crippen LogP contribution in [0.4, 0.5) is 0 Å². The van der Waals surface area contributed by atoms with Crippen molar-refractivity contribution >= 4 is 5.91 Å². The lowest BCUT2D eigenvalue weighted by molar-refractivity contribution is -0.129. The van der Waals surface area contributed by atoms with Gasteiger partial charge in [0.05, 0.1) is 17.7 Å². The number of aromatic nitrogens is 2. The Balaban J connectivity index is 0.000000350. The van der Waals surface area contributed by atoms with E-state index in [0.717, 1.165) is 18.4 Å². The molecule has 8 nitrogen and oxygen atoms in total. The summed E-state index contributed by atoms with van der Waals surface area (Å²) in [4.78, 5) is 16.7. The monoisotopic (exact) mass is 461 g/mol. The van der Waals surface area contributed by atoms with E-state index < -0.39 is 0 Å². The first-order valence-electron chi connectivity index (χ1n) is 11.3. The molecule has 1 aliphatic carbocycles. The van der Waals surface area contributed by atoms with Crippen LogP contribution in [0.1, 0.15) is 43.9 Å². The minimum atomic E-state index is -0.370. The molecule has 0 saturated heterocycles. The second kappa shape index (κ2) is 10.9. The first-order valence-corrected chi connectivity index (χ1v) is 11.3. The number of benzene rings is 2. The van der Waals surface area contributed by atoms with E-state index in [9.17, 15) is 10.1 Å². The molecule has 0 radical (unpaired) electrons. The zero-order valence-electron chi connectivity index (χ0n) is 20.3.